The van der Waals surface area contributed by atoms with Crippen LogP contribution in [0.4, 0.5) is 8.78 Å². The van der Waals surface area contributed by atoms with E-state index in [1.54, 1.807) is 12.1 Å². The smallest absolute Gasteiger partial charge is 0.387 e. The maximum atomic E-state index is 11.9. The summed E-state index contributed by atoms with van der Waals surface area (Å²) in [6, 6.07) is 4.67. The van der Waals surface area contributed by atoms with Crippen molar-refractivity contribution in [2.24, 2.45) is 0 Å². The summed E-state index contributed by atoms with van der Waals surface area (Å²) in [5.41, 5.74) is 0.0495. The highest BCUT2D eigenvalue weighted by atomic mass is 79.9. The highest BCUT2D eigenvalue weighted by molar-refractivity contribution is 9.11. The lowest BCUT2D eigenvalue weighted by Crippen LogP contribution is -2.03. The van der Waals surface area contributed by atoms with Gasteiger partial charge in [-0.05, 0) is 28.1 Å². The van der Waals surface area contributed by atoms with Gasteiger partial charge in [0.1, 0.15) is 17.4 Å². The van der Waals surface area contributed by atoms with E-state index < -0.39 is 6.61 Å². The second kappa shape index (κ2) is 4.71. The molecule has 0 fully saturated rings. The van der Waals surface area contributed by atoms with Gasteiger partial charge in [0.15, 0.2) is 0 Å². The second-order valence-corrected chi connectivity index (χ2v) is 4.02. The predicted molar refractivity (Wildman–Crippen MR) is 53.2 cm³/mol. The summed E-state index contributed by atoms with van der Waals surface area (Å²) in [6.07, 6.45) is 0. The molecule has 0 spiro atoms. The third-order valence-electron chi connectivity index (χ3n) is 1.35. The van der Waals surface area contributed by atoms with Crippen LogP contribution < -0.4 is 4.74 Å². The lowest BCUT2D eigenvalue weighted by Gasteiger charge is -2.07. The van der Waals surface area contributed by atoms with Gasteiger partial charge < -0.3 is 4.74 Å². The summed E-state index contributed by atoms with van der Waals surface area (Å²) >= 11 is 6.17. The van der Waals surface area contributed by atoms with Gasteiger partial charge >= 0.3 is 6.61 Å². The molecule has 0 saturated carbocycles. The number of hydrogen-bond donors (Lipinski definition) is 0. The average molecular weight is 327 g/mol. The molecule has 1 aromatic carbocycles. The van der Waals surface area contributed by atoms with Crippen LogP contribution in [-0.4, -0.2) is 6.61 Å². The molecule has 1 aromatic rings. The standard InChI is InChI=1S/C8H3Br2F2NO/c9-4-1-6(10)5(3-13)7(2-4)14-8(11)12/h1-2,8H. The first kappa shape index (κ1) is 11.4. The van der Waals surface area contributed by atoms with E-state index in [1.165, 1.54) is 6.07 Å². The van der Waals surface area contributed by atoms with Crippen molar-refractivity contribution in [2.75, 3.05) is 0 Å². The molecular formula is C8H3Br2F2NO. The van der Waals surface area contributed by atoms with Crippen molar-refractivity contribution < 1.29 is 13.5 Å². The molecule has 0 amide bonds. The fourth-order valence-corrected chi connectivity index (χ4v) is 2.12. The molecule has 0 unspecified atom stereocenters. The first-order valence-electron chi connectivity index (χ1n) is 3.38. The Morgan fingerprint density at radius 1 is 1.36 bits per heavy atom. The van der Waals surface area contributed by atoms with E-state index >= 15 is 0 Å². The van der Waals surface area contributed by atoms with Crippen LogP contribution in [0.2, 0.25) is 0 Å². The van der Waals surface area contributed by atoms with Gasteiger partial charge in [0.05, 0.1) is 0 Å². The molecule has 1 rings (SSSR count). The summed E-state index contributed by atoms with van der Waals surface area (Å²) in [4.78, 5) is 0. The van der Waals surface area contributed by atoms with Crippen LogP contribution in [0.3, 0.4) is 0 Å². The van der Waals surface area contributed by atoms with Crippen molar-refractivity contribution in [3.8, 4) is 11.8 Å². The number of halogens is 4. The lowest BCUT2D eigenvalue weighted by atomic mass is 10.2. The van der Waals surface area contributed by atoms with Crippen LogP contribution in [0.1, 0.15) is 5.56 Å². The molecule has 0 heterocycles. The fraction of sp³-hybridized carbons (Fsp3) is 0.125. The summed E-state index contributed by atoms with van der Waals surface area (Å²) < 4.78 is 29.0. The Labute approximate surface area is 95.7 Å². The van der Waals surface area contributed by atoms with E-state index in [2.05, 4.69) is 36.6 Å². The highest BCUT2D eigenvalue weighted by Crippen LogP contribution is 2.31. The minimum Gasteiger partial charge on any atom is -0.433 e. The van der Waals surface area contributed by atoms with E-state index in [4.69, 9.17) is 5.26 Å². The lowest BCUT2D eigenvalue weighted by molar-refractivity contribution is -0.0501. The maximum absolute atomic E-state index is 11.9. The summed E-state index contributed by atoms with van der Waals surface area (Å²) in [7, 11) is 0. The molecular weight excluding hydrogens is 324 g/mol. The van der Waals surface area contributed by atoms with Crippen LogP contribution in [0.5, 0.6) is 5.75 Å². The molecule has 0 aliphatic heterocycles. The van der Waals surface area contributed by atoms with Crippen LogP contribution in [0.25, 0.3) is 0 Å². The van der Waals surface area contributed by atoms with Crippen LogP contribution in [0, 0.1) is 11.3 Å². The molecule has 0 saturated heterocycles. The molecule has 0 N–H and O–H groups in total. The third-order valence-corrected chi connectivity index (χ3v) is 2.43. The van der Waals surface area contributed by atoms with Crippen LogP contribution in [0.15, 0.2) is 21.1 Å². The minimum atomic E-state index is -2.94. The van der Waals surface area contributed by atoms with E-state index in [1.807, 2.05) is 0 Å². The zero-order valence-electron chi connectivity index (χ0n) is 6.60. The zero-order valence-corrected chi connectivity index (χ0v) is 9.77. The maximum Gasteiger partial charge on any atom is 0.387 e. The predicted octanol–water partition coefficient (Wildman–Crippen LogP) is 3.68. The van der Waals surface area contributed by atoms with Gasteiger partial charge in [-0.1, -0.05) is 15.9 Å². The van der Waals surface area contributed by atoms with Crippen molar-refractivity contribution in [2.45, 2.75) is 6.61 Å². The number of benzene rings is 1. The number of rotatable bonds is 2. The number of nitriles is 1. The number of ether oxygens (including phenoxy) is 1. The van der Waals surface area contributed by atoms with Crippen LogP contribution in [-0.2, 0) is 0 Å². The molecule has 14 heavy (non-hydrogen) atoms. The van der Waals surface area contributed by atoms with Gasteiger partial charge in [-0.2, -0.15) is 14.0 Å². The van der Waals surface area contributed by atoms with Gasteiger partial charge in [-0.25, -0.2) is 0 Å². The number of alkyl halides is 2. The van der Waals surface area contributed by atoms with Gasteiger partial charge in [0.25, 0.3) is 0 Å². The van der Waals surface area contributed by atoms with E-state index in [0.29, 0.717) is 8.95 Å². The number of hydrogen-bond acceptors (Lipinski definition) is 2. The Morgan fingerprint density at radius 3 is 2.50 bits per heavy atom. The first-order chi connectivity index (χ1) is 6.54. The Hall–Kier alpha value is -0.670. The third kappa shape index (κ3) is 2.66. The highest BCUT2D eigenvalue weighted by Gasteiger charge is 2.13. The quantitative estimate of drug-likeness (QED) is 0.830. The Morgan fingerprint density at radius 2 is 2.00 bits per heavy atom. The topological polar surface area (TPSA) is 33.0 Å². The molecule has 0 atom stereocenters. The van der Waals surface area contributed by atoms with E-state index in [9.17, 15) is 8.78 Å². The van der Waals surface area contributed by atoms with Crippen LogP contribution >= 0.6 is 31.9 Å². The second-order valence-electron chi connectivity index (χ2n) is 2.25. The SMILES string of the molecule is N#Cc1c(Br)cc(Br)cc1OC(F)F. The van der Waals surface area contributed by atoms with E-state index in [0.717, 1.165) is 0 Å². The number of nitrogens with zero attached hydrogens (tertiary/aromatic N) is 1. The van der Waals surface area contributed by atoms with Crippen molar-refractivity contribution >= 4 is 31.9 Å². The summed E-state index contributed by atoms with van der Waals surface area (Å²) in [5.74, 6) is -0.149. The fourth-order valence-electron chi connectivity index (χ4n) is 0.847. The summed E-state index contributed by atoms with van der Waals surface area (Å²) in [5, 5.41) is 8.68. The molecule has 74 valence electrons. The van der Waals surface area contributed by atoms with Gasteiger partial charge in [-0.3, -0.25) is 0 Å². The Bertz CT molecular complexity index is 390. The molecule has 0 aliphatic carbocycles. The molecule has 2 nitrogen and oxygen atoms in total. The van der Waals surface area contributed by atoms with Crippen molar-refractivity contribution in [3.05, 3.63) is 26.6 Å². The first-order valence-corrected chi connectivity index (χ1v) is 4.97. The molecule has 0 aliphatic rings. The Balaban J connectivity index is 3.20. The van der Waals surface area contributed by atoms with E-state index in [-0.39, 0.29) is 11.3 Å². The summed E-state index contributed by atoms with van der Waals surface area (Å²) in [6.45, 7) is -2.94. The van der Waals surface area contributed by atoms with Gasteiger partial charge in [0.2, 0.25) is 0 Å². The molecule has 0 radical (unpaired) electrons. The molecule has 0 bridgehead atoms. The average Bonchev–Trinajstić information content (AvgIpc) is 2.01. The Kier molecular flexibility index (Phi) is 3.84. The molecule has 0 aromatic heterocycles. The van der Waals surface area contributed by atoms with Crippen molar-refractivity contribution in [1.82, 2.24) is 0 Å². The molecule has 6 heteroatoms. The monoisotopic (exact) mass is 325 g/mol. The largest absolute Gasteiger partial charge is 0.433 e. The van der Waals surface area contributed by atoms with Gasteiger partial charge in [0, 0.05) is 8.95 Å². The van der Waals surface area contributed by atoms with Crippen molar-refractivity contribution in [1.29, 1.82) is 5.26 Å². The minimum absolute atomic E-state index is 0.0495. The zero-order chi connectivity index (χ0) is 10.7. The normalized spacial score (nSPS) is 10.0. The van der Waals surface area contributed by atoms with Crippen molar-refractivity contribution in [3.63, 3.8) is 0 Å². The van der Waals surface area contributed by atoms with Gasteiger partial charge in [-0.15, -0.1) is 0 Å².